The van der Waals surface area contributed by atoms with Gasteiger partial charge in [-0.05, 0) is 39.8 Å². The summed E-state index contributed by atoms with van der Waals surface area (Å²) in [5.74, 6) is 0.812. The van der Waals surface area contributed by atoms with E-state index >= 15 is 0 Å². The van der Waals surface area contributed by atoms with Crippen LogP contribution in [-0.4, -0.2) is 58.5 Å². The van der Waals surface area contributed by atoms with Crippen LogP contribution in [0.2, 0.25) is 0 Å². The first-order valence-electron chi connectivity index (χ1n) is 7.29. The van der Waals surface area contributed by atoms with E-state index in [2.05, 4.69) is 27.1 Å². The molecule has 0 saturated carbocycles. The monoisotopic (exact) mass is 279 g/mol. The van der Waals surface area contributed by atoms with Crippen molar-refractivity contribution >= 4 is 6.03 Å². The number of hydrogen-bond donors (Lipinski definition) is 2. The Bertz CT molecular complexity index is 439. The molecule has 1 aromatic heterocycles. The van der Waals surface area contributed by atoms with E-state index in [9.17, 15) is 4.79 Å². The lowest BCUT2D eigenvalue weighted by molar-refractivity contribution is 0.197. The first-order valence-corrected chi connectivity index (χ1v) is 7.29. The van der Waals surface area contributed by atoms with Gasteiger partial charge in [-0.3, -0.25) is 0 Å². The molecule has 0 aliphatic carbocycles. The van der Waals surface area contributed by atoms with Crippen LogP contribution < -0.4 is 5.32 Å². The maximum absolute atomic E-state index is 12.1. The van der Waals surface area contributed by atoms with Crippen LogP contribution in [0.25, 0.3) is 0 Å². The summed E-state index contributed by atoms with van der Waals surface area (Å²) in [5.41, 5.74) is 1.01. The quantitative estimate of drug-likeness (QED) is 0.855. The maximum Gasteiger partial charge on any atom is 0.317 e. The molecule has 0 aromatic carbocycles. The largest absolute Gasteiger partial charge is 0.345 e. The molecule has 2 N–H and O–H groups in total. The Morgan fingerprint density at radius 2 is 2.25 bits per heavy atom. The van der Waals surface area contributed by atoms with E-state index in [1.54, 1.807) is 18.1 Å². The zero-order valence-electron chi connectivity index (χ0n) is 12.6. The van der Waals surface area contributed by atoms with Gasteiger partial charge in [-0.25, -0.2) is 9.78 Å². The predicted molar refractivity (Wildman–Crippen MR) is 78.5 cm³/mol. The molecule has 1 saturated heterocycles. The summed E-state index contributed by atoms with van der Waals surface area (Å²) in [6.45, 7) is 7.74. The lowest BCUT2D eigenvalue weighted by atomic mass is 10.3. The number of amides is 2. The summed E-state index contributed by atoms with van der Waals surface area (Å²) >= 11 is 0. The number of hydrogen-bond acceptors (Lipinski definition) is 3. The van der Waals surface area contributed by atoms with Gasteiger partial charge in [0, 0.05) is 31.5 Å². The van der Waals surface area contributed by atoms with Gasteiger partial charge in [-0.2, -0.15) is 0 Å². The fraction of sp³-hybridized carbons (Fsp3) is 0.714. The third kappa shape index (κ3) is 4.23. The Balaban J connectivity index is 1.75. The zero-order valence-corrected chi connectivity index (χ0v) is 12.6. The van der Waals surface area contributed by atoms with Crippen LogP contribution in [0.3, 0.4) is 0 Å². The molecule has 0 spiro atoms. The average Bonchev–Trinajstić information content (AvgIpc) is 3.01. The highest BCUT2D eigenvalue weighted by molar-refractivity contribution is 5.74. The molecule has 2 amide bonds. The molecular formula is C14H25N5O. The van der Waals surface area contributed by atoms with E-state index in [0.29, 0.717) is 6.54 Å². The van der Waals surface area contributed by atoms with Crippen molar-refractivity contribution in [3.05, 3.63) is 17.7 Å². The van der Waals surface area contributed by atoms with Gasteiger partial charge >= 0.3 is 6.03 Å². The van der Waals surface area contributed by atoms with Gasteiger partial charge in [0.15, 0.2) is 0 Å². The normalized spacial score (nSPS) is 17.1. The molecule has 1 atom stereocenters. The zero-order chi connectivity index (χ0) is 14.5. The standard InChI is InChI=1S/C14H25N5O/c1-11-8-15-13(16-11)10-18(3)14(20)17-12(2)9-19-6-4-5-7-19/h8,12H,4-7,9-10H2,1-3H3,(H,15,16)(H,17,20)/t12-/m1/s1. The first kappa shape index (κ1) is 14.8. The highest BCUT2D eigenvalue weighted by Crippen LogP contribution is 2.07. The number of H-pyrrole nitrogens is 1. The summed E-state index contributed by atoms with van der Waals surface area (Å²) in [7, 11) is 1.79. The number of rotatable bonds is 5. The van der Waals surface area contributed by atoms with Crippen molar-refractivity contribution < 1.29 is 4.79 Å². The number of likely N-dealkylation sites (tertiary alicyclic amines) is 1. The van der Waals surface area contributed by atoms with E-state index in [1.807, 2.05) is 6.92 Å². The van der Waals surface area contributed by atoms with Crippen molar-refractivity contribution in [3.63, 3.8) is 0 Å². The molecular weight excluding hydrogens is 254 g/mol. The lowest BCUT2D eigenvalue weighted by Crippen LogP contribution is -2.46. The predicted octanol–water partition coefficient (Wildman–Crippen LogP) is 1.34. The number of carbonyl (C=O) groups is 1. The number of aromatic nitrogens is 2. The topological polar surface area (TPSA) is 64.3 Å². The smallest absolute Gasteiger partial charge is 0.317 e. The van der Waals surface area contributed by atoms with E-state index in [4.69, 9.17) is 0 Å². The minimum atomic E-state index is -0.0502. The lowest BCUT2D eigenvalue weighted by Gasteiger charge is -2.24. The second-order valence-corrected chi connectivity index (χ2v) is 5.73. The third-order valence-corrected chi connectivity index (χ3v) is 3.59. The molecule has 1 fully saturated rings. The van der Waals surface area contributed by atoms with E-state index < -0.39 is 0 Å². The highest BCUT2D eigenvalue weighted by Gasteiger charge is 2.17. The second-order valence-electron chi connectivity index (χ2n) is 5.73. The highest BCUT2D eigenvalue weighted by atomic mass is 16.2. The molecule has 2 heterocycles. The van der Waals surface area contributed by atoms with E-state index in [1.165, 1.54) is 12.8 Å². The fourth-order valence-electron chi connectivity index (χ4n) is 2.56. The molecule has 2 rings (SSSR count). The number of nitrogens with one attached hydrogen (secondary N) is 2. The molecule has 1 aliphatic heterocycles. The number of urea groups is 1. The van der Waals surface area contributed by atoms with Crippen LogP contribution in [0.15, 0.2) is 6.20 Å². The molecule has 0 unspecified atom stereocenters. The SMILES string of the molecule is Cc1cnc(CN(C)C(=O)N[C@H](C)CN2CCCC2)[nH]1. The van der Waals surface area contributed by atoms with Crippen molar-refractivity contribution in [3.8, 4) is 0 Å². The Kier molecular flexibility index (Phi) is 5.00. The van der Waals surface area contributed by atoms with Crippen molar-refractivity contribution in [2.45, 2.75) is 39.3 Å². The number of imidazole rings is 1. The molecule has 6 nitrogen and oxygen atoms in total. The maximum atomic E-state index is 12.1. The summed E-state index contributed by atoms with van der Waals surface area (Å²) in [6, 6.07) is 0.118. The number of aryl methyl sites for hydroxylation is 1. The molecule has 0 radical (unpaired) electrons. The fourth-order valence-corrected chi connectivity index (χ4v) is 2.56. The first-order chi connectivity index (χ1) is 9.54. The molecule has 112 valence electrons. The third-order valence-electron chi connectivity index (χ3n) is 3.59. The van der Waals surface area contributed by atoms with Crippen LogP contribution in [-0.2, 0) is 6.54 Å². The van der Waals surface area contributed by atoms with Crippen LogP contribution in [0.1, 0.15) is 31.3 Å². The number of carbonyl (C=O) groups excluding carboxylic acids is 1. The van der Waals surface area contributed by atoms with E-state index in [-0.39, 0.29) is 12.1 Å². The van der Waals surface area contributed by atoms with Gasteiger partial charge in [0.05, 0.1) is 6.54 Å². The Labute approximate surface area is 120 Å². The van der Waals surface area contributed by atoms with Crippen LogP contribution >= 0.6 is 0 Å². The number of aromatic amines is 1. The number of nitrogens with zero attached hydrogens (tertiary/aromatic N) is 3. The molecule has 1 aromatic rings. The summed E-state index contributed by atoms with van der Waals surface area (Å²) in [4.78, 5) is 23.5. The summed E-state index contributed by atoms with van der Waals surface area (Å²) < 4.78 is 0. The van der Waals surface area contributed by atoms with Crippen molar-refractivity contribution in [2.75, 3.05) is 26.7 Å². The van der Waals surface area contributed by atoms with Crippen molar-refractivity contribution in [2.24, 2.45) is 0 Å². The Morgan fingerprint density at radius 1 is 1.55 bits per heavy atom. The van der Waals surface area contributed by atoms with Gasteiger partial charge in [-0.1, -0.05) is 0 Å². The van der Waals surface area contributed by atoms with Crippen LogP contribution in [0, 0.1) is 6.92 Å². The molecule has 6 heteroatoms. The summed E-state index contributed by atoms with van der Waals surface area (Å²) in [5, 5.41) is 3.04. The van der Waals surface area contributed by atoms with Crippen molar-refractivity contribution in [1.29, 1.82) is 0 Å². The minimum Gasteiger partial charge on any atom is -0.345 e. The van der Waals surface area contributed by atoms with Crippen LogP contribution in [0.4, 0.5) is 4.79 Å². The second kappa shape index (κ2) is 6.74. The Morgan fingerprint density at radius 3 is 2.85 bits per heavy atom. The molecule has 1 aliphatic rings. The molecule has 20 heavy (non-hydrogen) atoms. The van der Waals surface area contributed by atoms with Gasteiger partial charge < -0.3 is 20.1 Å². The van der Waals surface area contributed by atoms with E-state index in [0.717, 1.165) is 31.2 Å². The minimum absolute atomic E-state index is 0.0502. The molecule has 0 bridgehead atoms. The average molecular weight is 279 g/mol. The Hall–Kier alpha value is -1.56. The van der Waals surface area contributed by atoms with Crippen LogP contribution in [0.5, 0.6) is 0 Å². The van der Waals surface area contributed by atoms with Gasteiger partial charge in [0.25, 0.3) is 0 Å². The van der Waals surface area contributed by atoms with Crippen molar-refractivity contribution in [1.82, 2.24) is 25.1 Å². The summed E-state index contributed by atoms with van der Waals surface area (Å²) in [6.07, 6.45) is 4.33. The van der Waals surface area contributed by atoms with Gasteiger partial charge in [-0.15, -0.1) is 0 Å². The van der Waals surface area contributed by atoms with Gasteiger partial charge in [0.1, 0.15) is 5.82 Å². The van der Waals surface area contributed by atoms with Gasteiger partial charge in [0.2, 0.25) is 0 Å².